The average molecular weight is 272 g/mol. The Balaban J connectivity index is 0.00000256. The van der Waals surface area contributed by atoms with E-state index < -0.39 is 30.7 Å². The van der Waals surface area contributed by atoms with Crippen molar-refractivity contribution in [1.82, 2.24) is 5.32 Å². The quantitative estimate of drug-likeness (QED) is 0.381. The van der Waals surface area contributed by atoms with Crippen LogP contribution in [0.4, 0.5) is 0 Å². The summed E-state index contributed by atoms with van der Waals surface area (Å²) in [5.74, 6) is -2.05. The fourth-order valence-electron chi connectivity index (χ4n) is 1.71. The van der Waals surface area contributed by atoms with Crippen molar-refractivity contribution in [2.75, 3.05) is 19.7 Å². The van der Waals surface area contributed by atoms with Crippen molar-refractivity contribution in [1.29, 1.82) is 0 Å². The topological polar surface area (TPSA) is 102 Å². The molecule has 4 atom stereocenters. The lowest BCUT2D eigenvalue weighted by atomic mass is 10.1. The van der Waals surface area contributed by atoms with Crippen molar-refractivity contribution >= 4 is 12.4 Å². The number of ether oxygens (including phenoxy) is 1. The number of aliphatic hydroxyl groups excluding tert-OH is 3. The zero-order valence-electron chi connectivity index (χ0n) is 9.87. The van der Waals surface area contributed by atoms with E-state index in [1.807, 2.05) is 0 Å². The van der Waals surface area contributed by atoms with Gasteiger partial charge in [0, 0.05) is 6.54 Å². The van der Waals surface area contributed by atoms with Gasteiger partial charge in [0.1, 0.15) is 18.3 Å². The highest BCUT2D eigenvalue weighted by molar-refractivity contribution is 5.85. The van der Waals surface area contributed by atoms with E-state index in [0.717, 1.165) is 19.4 Å². The van der Waals surface area contributed by atoms with Crippen LogP contribution in [0, 0.1) is 0 Å². The van der Waals surface area contributed by atoms with E-state index in [1.165, 1.54) is 0 Å². The normalized spacial score (nSPS) is 36.9. The van der Waals surface area contributed by atoms with Gasteiger partial charge in [0.15, 0.2) is 0 Å². The molecular formula is C10H22ClNO5. The Morgan fingerprint density at radius 1 is 1.35 bits per heavy atom. The fraction of sp³-hybridized carbons (Fsp3) is 1.00. The molecule has 0 bridgehead atoms. The number of hydrogen-bond donors (Lipinski definition) is 5. The Labute approximate surface area is 107 Å². The summed E-state index contributed by atoms with van der Waals surface area (Å²) >= 11 is 0. The predicted octanol–water partition coefficient (Wildman–Crippen LogP) is -1.40. The monoisotopic (exact) mass is 271 g/mol. The minimum Gasteiger partial charge on any atom is -0.391 e. The number of nitrogens with one attached hydrogen (secondary N) is 1. The first-order valence-corrected chi connectivity index (χ1v) is 5.63. The van der Waals surface area contributed by atoms with Crippen LogP contribution in [0.15, 0.2) is 0 Å². The third kappa shape index (κ3) is 4.03. The number of unbranched alkanes of at least 4 members (excludes halogenated alkanes) is 1. The maximum Gasteiger partial charge on any atom is 0.219 e. The second-order valence-electron chi connectivity index (χ2n) is 4.15. The molecule has 7 heteroatoms. The van der Waals surface area contributed by atoms with Crippen LogP contribution >= 0.6 is 12.4 Å². The molecule has 0 saturated carbocycles. The highest BCUT2D eigenvalue weighted by Crippen LogP contribution is 2.28. The second-order valence-corrected chi connectivity index (χ2v) is 4.15. The molecule has 0 aromatic heterocycles. The molecule has 1 saturated heterocycles. The summed E-state index contributed by atoms with van der Waals surface area (Å²) in [6, 6.07) is 0. The summed E-state index contributed by atoms with van der Waals surface area (Å²) in [6.07, 6.45) is -1.30. The molecule has 1 rings (SSSR count). The summed E-state index contributed by atoms with van der Waals surface area (Å²) in [6.45, 7) is 2.45. The third-order valence-corrected chi connectivity index (χ3v) is 2.80. The smallest absolute Gasteiger partial charge is 0.219 e. The molecule has 5 N–H and O–H groups in total. The van der Waals surface area contributed by atoms with Crippen LogP contribution in [0.1, 0.15) is 19.8 Å². The van der Waals surface area contributed by atoms with Crippen molar-refractivity contribution < 1.29 is 25.2 Å². The Morgan fingerprint density at radius 3 is 2.47 bits per heavy atom. The van der Waals surface area contributed by atoms with E-state index >= 15 is 0 Å². The Kier molecular flexibility index (Phi) is 7.50. The van der Waals surface area contributed by atoms with Gasteiger partial charge in [-0.25, -0.2) is 0 Å². The van der Waals surface area contributed by atoms with E-state index in [4.69, 9.17) is 9.84 Å². The molecular weight excluding hydrogens is 250 g/mol. The standard InChI is InChI=1S/C10H21NO5.ClH/c1-2-3-4-11-5-7-8(13)9(14)10(15,6-12)16-7;/h7-9,11-15H,2-6H2,1H3;1H/t7-,8+,9-,10+;/m1./s1. The maximum atomic E-state index is 9.60. The van der Waals surface area contributed by atoms with Gasteiger partial charge in [0.25, 0.3) is 0 Å². The van der Waals surface area contributed by atoms with Crippen LogP contribution in [-0.2, 0) is 4.74 Å². The van der Waals surface area contributed by atoms with Gasteiger partial charge < -0.3 is 30.5 Å². The fourth-order valence-corrected chi connectivity index (χ4v) is 1.71. The molecule has 0 aliphatic carbocycles. The van der Waals surface area contributed by atoms with Crippen molar-refractivity contribution in [3.8, 4) is 0 Å². The van der Waals surface area contributed by atoms with E-state index in [-0.39, 0.29) is 12.4 Å². The van der Waals surface area contributed by atoms with Gasteiger partial charge in [-0.1, -0.05) is 13.3 Å². The van der Waals surface area contributed by atoms with E-state index in [0.29, 0.717) is 6.54 Å². The first-order valence-electron chi connectivity index (χ1n) is 5.63. The molecule has 0 aromatic rings. The third-order valence-electron chi connectivity index (χ3n) is 2.80. The summed E-state index contributed by atoms with van der Waals surface area (Å²) in [7, 11) is 0. The molecule has 0 spiro atoms. The van der Waals surface area contributed by atoms with Gasteiger partial charge in [0.2, 0.25) is 5.79 Å². The minimum atomic E-state index is -2.05. The van der Waals surface area contributed by atoms with Gasteiger partial charge >= 0.3 is 0 Å². The molecule has 0 amide bonds. The minimum absolute atomic E-state index is 0. The molecule has 6 nitrogen and oxygen atoms in total. The number of rotatable bonds is 6. The largest absolute Gasteiger partial charge is 0.391 e. The Morgan fingerprint density at radius 2 is 2.00 bits per heavy atom. The van der Waals surface area contributed by atoms with Crippen molar-refractivity contribution in [3.05, 3.63) is 0 Å². The number of hydrogen-bond acceptors (Lipinski definition) is 6. The average Bonchev–Trinajstić information content (AvgIpc) is 2.50. The zero-order chi connectivity index (χ0) is 12.2. The van der Waals surface area contributed by atoms with E-state index in [9.17, 15) is 15.3 Å². The number of halogens is 1. The zero-order valence-corrected chi connectivity index (χ0v) is 10.7. The number of aliphatic hydroxyl groups is 4. The molecule has 0 radical (unpaired) electrons. The predicted molar refractivity (Wildman–Crippen MR) is 63.9 cm³/mol. The van der Waals surface area contributed by atoms with Gasteiger partial charge in [-0.15, -0.1) is 12.4 Å². The first kappa shape index (κ1) is 17.1. The van der Waals surface area contributed by atoms with Gasteiger partial charge in [0.05, 0.1) is 6.61 Å². The van der Waals surface area contributed by atoms with Gasteiger partial charge in [-0.05, 0) is 13.0 Å². The van der Waals surface area contributed by atoms with Crippen LogP contribution < -0.4 is 5.32 Å². The molecule has 0 unspecified atom stereocenters. The Bertz CT molecular complexity index is 221. The summed E-state index contributed by atoms with van der Waals surface area (Å²) in [5.41, 5.74) is 0. The molecule has 104 valence electrons. The molecule has 17 heavy (non-hydrogen) atoms. The Hall–Kier alpha value is 0.0500. The summed E-state index contributed by atoms with van der Waals surface area (Å²) in [4.78, 5) is 0. The van der Waals surface area contributed by atoms with E-state index in [1.54, 1.807) is 0 Å². The lowest BCUT2D eigenvalue weighted by Crippen LogP contribution is -2.46. The van der Waals surface area contributed by atoms with E-state index in [2.05, 4.69) is 12.2 Å². The van der Waals surface area contributed by atoms with Crippen molar-refractivity contribution in [2.45, 2.75) is 43.9 Å². The first-order chi connectivity index (χ1) is 7.55. The lowest BCUT2D eigenvalue weighted by molar-refractivity contribution is -0.245. The second kappa shape index (κ2) is 7.48. The van der Waals surface area contributed by atoms with Crippen LogP contribution in [0.25, 0.3) is 0 Å². The highest BCUT2D eigenvalue weighted by Gasteiger charge is 2.52. The van der Waals surface area contributed by atoms with Crippen molar-refractivity contribution in [3.63, 3.8) is 0 Å². The SMILES string of the molecule is CCCCNC[C@H]1O[C@@](O)(CO)[C@H](O)[C@H]1O.Cl. The van der Waals surface area contributed by atoms with Gasteiger partial charge in [-0.3, -0.25) is 0 Å². The maximum absolute atomic E-state index is 9.60. The van der Waals surface area contributed by atoms with Crippen molar-refractivity contribution in [2.24, 2.45) is 0 Å². The van der Waals surface area contributed by atoms with Crippen LogP contribution in [0.5, 0.6) is 0 Å². The summed E-state index contributed by atoms with van der Waals surface area (Å²) in [5, 5.41) is 40.6. The summed E-state index contributed by atoms with van der Waals surface area (Å²) < 4.78 is 5.05. The van der Waals surface area contributed by atoms with Crippen LogP contribution in [0.2, 0.25) is 0 Å². The van der Waals surface area contributed by atoms with Crippen LogP contribution in [0.3, 0.4) is 0 Å². The molecule has 1 aliphatic rings. The van der Waals surface area contributed by atoms with Gasteiger partial charge in [-0.2, -0.15) is 0 Å². The molecule has 1 aliphatic heterocycles. The molecule has 1 heterocycles. The molecule has 1 fully saturated rings. The highest BCUT2D eigenvalue weighted by atomic mass is 35.5. The molecule has 0 aromatic carbocycles. The lowest BCUT2D eigenvalue weighted by Gasteiger charge is -2.22. The van der Waals surface area contributed by atoms with Crippen LogP contribution in [-0.4, -0.2) is 64.2 Å².